The highest BCUT2D eigenvalue weighted by molar-refractivity contribution is 6.10. The van der Waals surface area contributed by atoms with Crippen molar-refractivity contribution in [2.24, 2.45) is 0 Å². The fourth-order valence-corrected chi connectivity index (χ4v) is 10.1. The van der Waals surface area contributed by atoms with Crippen molar-refractivity contribution < 1.29 is 0 Å². The molecule has 10 aromatic carbocycles. The van der Waals surface area contributed by atoms with Gasteiger partial charge < -0.3 is 9.13 Å². The Morgan fingerprint density at radius 2 is 0.544 bits per heavy atom. The highest BCUT2D eigenvalue weighted by atomic mass is 15.0. The average Bonchev–Trinajstić information content (AvgIpc) is 3.94. The summed E-state index contributed by atoms with van der Waals surface area (Å²) in [5.41, 5.74) is 18.7. The summed E-state index contributed by atoms with van der Waals surface area (Å²) in [7, 11) is 0. The molecule has 0 N–H and O–H groups in total. The number of hydrogen-bond donors (Lipinski definition) is 0. The van der Waals surface area contributed by atoms with Gasteiger partial charge in [-0.25, -0.2) is 9.97 Å². The van der Waals surface area contributed by atoms with Crippen molar-refractivity contribution in [3.05, 3.63) is 255 Å². The largest absolute Gasteiger partial charge is 0.309 e. The first-order chi connectivity index (χ1) is 33.7. The molecule has 4 nitrogen and oxygen atoms in total. The predicted molar refractivity (Wildman–Crippen MR) is 283 cm³/mol. The molecule has 0 spiro atoms. The monoisotopic (exact) mass is 866 g/mol. The minimum absolute atomic E-state index is 0.682. The van der Waals surface area contributed by atoms with Crippen molar-refractivity contribution in [3.63, 3.8) is 0 Å². The number of rotatable bonds is 8. The SMILES string of the molecule is c1ccc(-c2cccc(-c3nc(-c4ccc(-c5cccc(-n6c7ccccc7c7ccccc76)c5)cc4)cc(-c4ccc(-c5cccc(-n6c7ccccc7c7ccccc76)c5)cc4)n3)c2)cc1. The van der Waals surface area contributed by atoms with Crippen molar-refractivity contribution in [1.82, 2.24) is 19.1 Å². The Kier molecular flexibility index (Phi) is 9.47. The minimum atomic E-state index is 0.682. The van der Waals surface area contributed by atoms with Gasteiger partial charge in [-0.3, -0.25) is 0 Å². The number of nitrogens with zero attached hydrogens (tertiary/aromatic N) is 4. The predicted octanol–water partition coefficient (Wildman–Crippen LogP) is 16.7. The van der Waals surface area contributed by atoms with Crippen molar-refractivity contribution in [2.75, 3.05) is 0 Å². The van der Waals surface area contributed by atoms with Crippen LogP contribution in [0.2, 0.25) is 0 Å². The van der Waals surface area contributed by atoms with Gasteiger partial charge in [0, 0.05) is 49.6 Å². The van der Waals surface area contributed by atoms with E-state index < -0.39 is 0 Å². The van der Waals surface area contributed by atoms with E-state index in [1.165, 1.54) is 43.6 Å². The molecule has 0 unspecified atom stereocenters. The molecule has 0 aliphatic carbocycles. The number of fused-ring (bicyclic) bond motifs is 6. The van der Waals surface area contributed by atoms with Crippen LogP contribution in [-0.4, -0.2) is 19.1 Å². The van der Waals surface area contributed by atoms with Gasteiger partial charge in [0.25, 0.3) is 0 Å². The van der Waals surface area contributed by atoms with Crippen LogP contribution in [0.3, 0.4) is 0 Å². The van der Waals surface area contributed by atoms with Gasteiger partial charge >= 0.3 is 0 Å². The first kappa shape index (κ1) is 39.3. The van der Waals surface area contributed by atoms with E-state index in [0.29, 0.717) is 5.82 Å². The third-order valence-electron chi connectivity index (χ3n) is 13.4. The summed E-state index contributed by atoms with van der Waals surface area (Å²) in [6.45, 7) is 0. The lowest BCUT2D eigenvalue weighted by Crippen LogP contribution is -1.96. The second kappa shape index (κ2) is 16.4. The van der Waals surface area contributed by atoms with E-state index in [1.54, 1.807) is 0 Å². The average molecular weight is 867 g/mol. The van der Waals surface area contributed by atoms with E-state index in [0.717, 1.165) is 72.8 Å². The zero-order chi connectivity index (χ0) is 45.0. The van der Waals surface area contributed by atoms with E-state index in [1.807, 2.05) is 6.07 Å². The molecule has 13 aromatic rings. The van der Waals surface area contributed by atoms with Crippen LogP contribution in [0.5, 0.6) is 0 Å². The second-order valence-electron chi connectivity index (χ2n) is 17.4. The van der Waals surface area contributed by atoms with Gasteiger partial charge in [-0.15, -0.1) is 0 Å². The van der Waals surface area contributed by atoms with Gasteiger partial charge in [-0.05, 0) is 94.0 Å². The second-order valence-corrected chi connectivity index (χ2v) is 17.4. The maximum absolute atomic E-state index is 5.27. The van der Waals surface area contributed by atoms with Crippen LogP contribution in [0, 0.1) is 0 Å². The van der Waals surface area contributed by atoms with E-state index >= 15 is 0 Å². The van der Waals surface area contributed by atoms with Gasteiger partial charge in [0.1, 0.15) is 0 Å². The van der Waals surface area contributed by atoms with Gasteiger partial charge in [0.05, 0.1) is 33.5 Å². The Morgan fingerprint density at radius 3 is 0.985 bits per heavy atom. The lowest BCUT2D eigenvalue weighted by molar-refractivity contribution is 1.18. The highest BCUT2D eigenvalue weighted by Crippen LogP contribution is 2.37. The maximum Gasteiger partial charge on any atom is 0.160 e. The van der Waals surface area contributed by atoms with Crippen LogP contribution in [0.15, 0.2) is 255 Å². The number of benzene rings is 10. The van der Waals surface area contributed by atoms with Crippen molar-refractivity contribution in [3.8, 4) is 78.7 Å². The fourth-order valence-electron chi connectivity index (χ4n) is 10.1. The summed E-state index contributed by atoms with van der Waals surface area (Å²) < 4.78 is 4.74. The molecule has 0 amide bonds. The van der Waals surface area contributed by atoms with Crippen LogP contribution >= 0.6 is 0 Å². The highest BCUT2D eigenvalue weighted by Gasteiger charge is 2.16. The van der Waals surface area contributed by atoms with E-state index in [4.69, 9.17) is 9.97 Å². The molecular weight excluding hydrogens is 825 g/mol. The summed E-state index contributed by atoms with van der Waals surface area (Å²) >= 11 is 0. The normalized spacial score (nSPS) is 11.5. The zero-order valence-corrected chi connectivity index (χ0v) is 37.0. The molecule has 3 heterocycles. The summed E-state index contributed by atoms with van der Waals surface area (Å²) in [5, 5.41) is 5.02. The molecular formula is C64H42N4. The molecule has 0 saturated carbocycles. The van der Waals surface area contributed by atoms with Gasteiger partial charge in [-0.1, -0.05) is 194 Å². The van der Waals surface area contributed by atoms with E-state index in [-0.39, 0.29) is 0 Å². The Balaban J connectivity index is 0.868. The number of hydrogen-bond acceptors (Lipinski definition) is 2. The maximum atomic E-state index is 5.27. The Morgan fingerprint density at radius 1 is 0.221 bits per heavy atom. The molecule has 0 aliphatic heterocycles. The third kappa shape index (κ3) is 6.86. The van der Waals surface area contributed by atoms with Crippen LogP contribution < -0.4 is 0 Å². The molecule has 0 radical (unpaired) electrons. The number of para-hydroxylation sites is 4. The lowest BCUT2D eigenvalue weighted by atomic mass is 9.99. The Hall–Kier alpha value is -9.12. The van der Waals surface area contributed by atoms with Gasteiger partial charge in [-0.2, -0.15) is 0 Å². The van der Waals surface area contributed by atoms with Crippen LogP contribution in [0.1, 0.15) is 0 Å². The molecule has 68 heavy (non-hydrogen) atoms. The topological polar surface area (TPSA) is 35.6 Å². The Labute approximate surface area is 394 Å². The van der Waals surface area contributed by atoms with Crippen LogP contribution in [0.4, 0.5) is 0 Å². The van der Waals surface area contributed by atoms with Gasteiger partial charge in [0.2, 0.25) is 0 Å². The molecule has 3 aromatic heterocycles. The molecule has 0 fully saturated rings. The zero-order valence-electron chi connectivity index (χ0n) is 37.0. The fraction of sp³-hybridized carbons (Fsp3) is 0. The van der Waals surface area contributed by atoms with Gasteiger partial charge in [0.15, 0.2) is 5.82 Å². The molecule has 0 bridgehead atoms. The summed E-state index contributed by atoms with van der Waals surface area (Å²) in [4.78, 5) is 10.5. The van der Waals surface area contributed by atoms with Crippen molar-refractivity contribution in [1.29, 1.82) is 0 Å². The first-order valence-corrected chi connectivity index (χ1v) is 23.1. The Bertz CT molecular complexity index is 3680. The van der Waals surface area contributed by atoms with E-state index in [2.05, 4.69) is 258 Å². The summed E-state index contributed by atoms with van der Waals surface area (Å²) in [6, 6.07) is 91.0. The van der Waals surface area contributed by atoms with E-state index in [9.17, 15) is 0 Å². The molecule has 0 saturated heterocycles. The van der Waals surface area contributed by atoms with Crippen LogP contribution in [-0.2, 0) is 0 Å². The lowest BCUT2D eigenvalue weighted by Gasteiger charge is -2.13. The smallest absolute Gasteiger partial charge is 0.160 e. The number of aromatic nitrogens is 4. The summed E-state index contributed by atoms with van der Waals surface area (Å²) in [5.74, 6) is 0.682. The molecule has 13 rings (SSSR count). The third-order valence-corrected chi connectivity index (χ3v) is 13.4. The molecule has 0 atom stereocenters. The molecule has 4 heteroatoms. The van der Waals surface area contributed by atoms with Crippen molar-refractivity contribution >= 4 is 43.6 Å². The van der Waals surface area contributed by atoms with Crippen molar-refractivity contribution in [2.45, 2.75) is 0 Å². The van der Waals surface area contributed by atoms with Crippen LogP contribution in [0.25, 0.3) is 122 Å². The quantitative estimate of drug-likeness (QED) is 0.153. The first-order valence-electron chi connectivity index (χ1n) is 23.1. The summed E-state index contributed by atoms with van der Waals surface area (Å²) in [6.07, 6.45) is 0. The standard InChI is InChI=1S/C64H42N4/c1-2-15-43(16-3-1)48-17-12-20-51(39-48)64-65-58(46-35-31-44(32-36-46)49-18-13-21-52(40-49)67-60-27-8-4-23-54(60)55-24-5-9-28-61(55)67)42-59(66-64)47-37-33-45(34-38-47)50-19-14-22-53(41-50)68-62-29-10-6-25-56(62)57-26-7-11-30-63(57)68/h1-42H. The minimum Gasteiger partial charge on any atom is -0.309 e. The molecule has 318 valence electrons. The molecule has 0 aliphatic rings.